The first-order valence-corrected chi connectivity index (χ1v) is 11.0. The van der Waals surface area contributed by atoms with Crippen LogP contribution in [0.4, 0.5) is 0 Å². The summed E-state index contributed by atoms with van der Waals surface area (Å²) in [6.07, 6.45) is 2.05. The SMILES string of the molecule is COc1ccc2c3c([nH]c2c1)C(C)=NCC3.COc1ccc2c3c([nH]c2c1)C(C)=NCC3.Cl.O.O. The van der Waals surface area contributed by atoms with E-state index in [4.69, 9.17) is 9.47 Å². The number of H-pyrrole nitrogens is 2. The Labute approximate surface area is 210 Å². The summed E-state index contributed by atoms with van der Waals surface area (Å²) in [5.41, 5.74) is 9.66. The zero-order valence-electron chi connectivity index (χ0n) is 20.4. The molecule has 0 saturated carbocycles. The van der Waals surface area contributed by atoms with Crippen molar-refractivity contribution in [1.29, 1.82) is 0 Å². The van der Waals surface area contributed by atoms with Gasteiger partial charge in [-0.1, -0.05) is 0 Å². The van der Waals surface area contributed by atoms with Gasteiger partial charge < -0.3 is 30.4 Å². The molecule has 2 aliphatic rings. The number of halogens is 1. The molecule has 2 aromatic heterocycles. The van der Waals surface area contributed by atoms with Crippen molar-refractivity contribution in [2.75, 3.05) is 27.3 Å². The summed E-state index contributed by atoms with van der Waals surface area (Å²) in [7, 11) is 3.38. The zero-order valence-corrected chi connectivity index (χ0v) is 21.2. The number of hydrogen-bond acceptors (Lipinski definition) is 4. The second-order valence-electron chi connectivity index (χ2n) is 8.21. The van der Waals surface area contributed by atoms with E-state index < -0.39 is 0 Å². The van der Waals surface area contributed by atoms with Gasteiger partial charge in [-0.05, 0) is 62.1 Å². The molecule has 0 spiro atoms. The molecule has 0 bridgehead atoms. The molecule has 35 heavy (non-hydrogen) atoms. The lowest BCUT2D eigenvalue weighted by Gasteiger charge is -2.09. The number of benzene rings is 2. The van der Waals surface area contributed by atoms with Crippen molar-refractivity contribution in [3.63, 3.8) is 0 Å². The van der Waals surface area contributed by atoms with E-state index in [1.54, 1.807) is 14.2 Å². The van der Waals surface area contributed by atoms with E-state index in [1.807, 2.05) is 24.3 Å². The molecule has 2 aromatic carbocycles. The monoisotopic (exact) mass is 500 g/mol. The Bertz CT molecular complexity index is 1280. The average Bonchev–Trinajstić information content (AvgIpc) is 3.38. The van der Waals surface area contributed by atoms with Gasteiger partial charge in [-0.2, -0.15) is 0 Å². The fourth-order valence-corrected chi connectivity index (χ4v) is 4.69. The summed E-state index contributed by atoms with van der Waals surface area (Å²) in [5.74, 6) is 1.78. The van der Waals surface area contributed by atoms with Crippen molar-refractivity contribution >= 4 is 45.6 Å². The number of aromatic amines is 2. The number of hydrogen-bond donors (Lipinski definition) is 2. The topological polar surface area (TPSA) is 138 Å². The van der Waals surface area contributed by atoms with Crippen LogP contribution in [0.3, 0.4) is 0 Å². The van der Waals surface area contributed by atoms with Gasteiger partial charge in [0.15, 0.2) is 0 Å². The molecule has 0 aliphatic carbocycles. The molecule has 8 nitrogen and oxygen atoms in total. The van der Waals surface area contributed by atoms with Crippen LogP contribution in [0.15, 0.2) is 46.4 Å². The number of fused-ring (bicyclic) bond motifs is 6. The molecule has 0 radical (unpaired) electrons. The zero-order chi connectivity index (χ0) is 22.2. The molecule has 0 fully saturated rings. The van der Waals surface area contributed by atoms with Gasteiger partial charge in [0, 0.05) is 47.0 Å². The molecular weight excluding hydrogens is 468 g/mol. The van der Waals surface area contributed by atoms with Crippen LogP contribution in [0.1, 0.15) is 36.4 Å². The number of aliphatic imine (C=N–C) groups is 2. The third kappa shape index (κ3) is 5.05. The van der Waals surface area contributed by atoms with Crippen LogP contribution >= 0.6 is 12.4 Å². The maximum Gasteiger partial charge on any atom is 0.120 e. The first-order valence-electron chi connectivity index (χ1n) is 11.0. The van der Waals surface area contributed by atoms with Crippen molar-refractivity contribution in [2.24, 2.45) is 9.98 Å². The molecule has 0 atom stereocenters. The normalized spacial score (nSPS) is 13.5. The van der Waals surface area contributed by atoms with Crippen molar-refractivity contribution in [3.05, 3.63) is 58.9 Å². The number of rotatable bonds is 2. The molecule has 4 heterocycles. The van der Waals surface area contributed by atoms with Crippen LogP contribution in [-0.4, -0.2) is 59.7 Å². The highest BCUT2D eigenvalue weighted by atomic mass is 35.5. The Hall–Kier alpha value is -3.33. The fraction of sp³-hybridized carbons (Fsp3) is 0.308. The lowest BCUT2D eigenvalue weighted by Crippen LogP contribution is -2.08. The van der Waals surface area contributed by atoms with Gasteiger partial charge in [-0.3, -0.25) is 9.98 Å². The van der Waals surface area contributed by atoms with Gasteiger partial charge in [0.2, 0.25) is 0 Å². The van der Waals surface area contributed by atoms with Crippen molar-refractivity contribution in [3.8, 4) is 11.5 Å². The smallest absolute Gasteiger partial charge is 0.120 e. The van der Waals surface area contributed by atoms with Gasteiger partial charge in [0.25, 0.3) is 0 Å². The van der Waals surface area contributed by atoms with Gasteiger partial charge in [0.1, 0.15) is 11.5 Å². The second kappa shape index (κ2) is 11.4. The highest BCUT2D eigenvalue weighted by Gasteiger charge is 2.17. The van der Waals surface area contributed by atoms with Crippen LogP contribution in [0.5, 0.6) is 11.5 Å². The minimum absolute atomic E-state index is 0. The van der Waals surface area contributed by atoms with E-state index >= 15 is 0 Å². The van der Waals surface area contributed by atoms with Gasteiger partial charge in [0.05, 0.1) is 37.0 Å². The largest absolute Gasteiger partial charge is 0.497 e. The fourth-order valence-electron chi connectivity index (χ4n) is 4.69. The Kier molecular flexibility index (Phi) is 9.09. The van der Waals surface area contributed by atoms with Crippen LogP contribution in [0.25, 0.3) is 21.8 Å². The lowest BCUT2D eigenvalue weighted by atomic mass is 10.0. The molecule has 0 saturated heterocycles. The number of nitrogens with zero attached hydrogens (tertiary/aromatic N) is 2. The Balaban J connectivity index is 0.000000227. The summed E-state index contributed by atoms with van der Waals surface area (Å²) in [6, 6.07) is 12.4. The summed E-state index contributed by atoms with van der Waals surface area (Å²) in [6.45, 7) is 5.92. The Morgan fingerprint density at radius 2 is 1.09 bits per heavy atom. The predicted octanol–water partition coefficient (Wildman–Crippen LogP) is 3.86. The van der Waals surface area contributed by atoms with E-state index in [0.29, 0.717) is 0 Å². The summed E-state index contributed by atoms with van der Waals surface area (Å²) in [5, 5.41) is 2.59. The Morgan fingerprint density at radius 3 is 1.46 bits per heavy atom. The number of aromatic nitrogens is 2. The van der Waals surface area contributed by atoms with Crippen LogP contribution in [0.2, 0.25) is 0 Å². The highest BCUT2D eigenvalue weighted by molar-refractivity contribution is 6.05. The molecule has 188 valence electrons. The molecule has 6 rings (SSSR count). The molecule has 4 aromatic rings. The van der Waals surface area contributed by atoms with E-state index in [9.17, 15) is 0 Å². The summed E-state index contributed by atoms with van der Waals surface area (Å²) < 4.78 is 10.5. The summed E-state index contributed by atoms with van der Waals surface area (Å²) >= 11 is 0. The molecule has 0 unspecified atom stereocenters. The maximum absolute atomic E-state index is 5.23. The second-order valence-corrected chi connectivity index (χ2v) is 8.21. The molecule has 6 N–H and O–H groups in total. The van der Waals surface area contributed by atoms with E-state index in [0.717, 1.165) is 59.9 Å². The first-order chi connectivity index (χ1) is 15.6. The van der Waals surface area contributed by atoms with E-state index in [1.165, 1.54) is 33.3 Å². The standard InChI is InChI=1S/2C13H14N2O.ClH.2H2O/c2*1-8-13-11(5-6-14-8)10-4-3-9(16-2)7-12(10)15-13;;;/h2*3-4,7,15H,5-6H2,1-2H3;1H;2*1H2. The molecule has 0 amide bonds. The minimum Gasteiger partial charge on any atom is -0.497 e. The first kappa shape index (κ1) is 27.9. The van der Waals surface area contributed by atoms with Crippen molar-refractivity contribution in [1.82, 2.24) is 9.97 Å². The highest BCUT2D eigenvalue weighted by Crippen LogP contribution is 2.30. The predicted molar refractivity (Wildman–Crippen MR) is 146 cm³/mol. The maximum atomic E-state index is 5.23. The van der Waals surface area contributed by atoms with Crippen LogP contribution in [0, 0.1) is 0 Å². The minimum atomic E-state index is 0. The third-order valence-corrected chi connectivity index (χ3v) is 6.37. The quantitative estimate of drug-likeness (QED) is 0.431. The van der Waals surface area contributed by atoms with E-state index in [-0.39, 0.29) is 23.4 Å². The van der Waals surface area contributed by atoms with Crippen molar-refractivity contribution < 1.29 is 20.4 Å². The van der Waals surface area contributed by atoms with Crippen LogP contribution < -0.4 is 9.47 Å². The van der Waals surface area contributed by atoms with Gasteiger partial charge in [-0.15, -0.1) is 12.4 Å². The molecular formula is C26H33ClN4O4. The lowest BCUT2D eigenvalue weighted by molar-refractivity contribution is 0.415. The van der Waals surface area contributed by atoms with Gasteiger partial charge in [-0.25, -0.2) is 0 Å². The van der Waals surface area contributed by atoms with Crippen molar-refractivity contribution in [2.45, 2.75) is 26.7 Å². The van der Waals surface area contributed by atoms with Gasteiger partial charge >= 0.3 is 0 Å². The van der Waals surface area contributed by atoms with E-state index in [2.05, 4.69) is 45.9 Å². The number of nitrogens with one attached hydrogen (secondary N) is 2. The number of ether oxygens (including phenoxy) is 2. The molecule has 2 aliphatic heterocycles. The third-order valence-electron chi connectivity index (χ3n) is 6.37. The Morgan fingerprint density at radius 1 is 0.686 bits per heavy atom. The number of methoxy groups -OCH3 is 2. The molecule has 9 heteroatoms. The van der Waals surface area contributed by atoms with Crippen LogP contribution in [-0.2, 0) is 12.8 Å². The average molecular weight is 501 g/mol. The summed E-state index contributed by atoms with van der Waals surface area (Å²) in [4.78, 5) is 15.8.